The van der Waals surface area contributed by atoms with E-state index >= 15 is 0 Å². The number of carbonyl (C=O) groups is 1. The first-order valence-electron chi connectivity index (χ1n) is 9.73. The molecule has 32 heavy (non-hydrogen) atoms. The molecule has 0 atom stereocenters. The number of nitrogens with one attached hydrogen (secondary N) is 1. The van der Waals surface area contributed by atoms with Crippen molar-refractivity contribution >= 4 is 34.2 Å². The lowest BCUT2D eigenvalue weighted by Gasteiger charge is -2.14. The van der Waals surface area contributed by atoms with Gasteiger partial charge in [-0.15, -0.1) is 0 Å². The van der Waals surface area contributed by atoms with Crippen molar-refractivity contribution in [1.29, 1.82) is 0 Å². The molecule has 162 valence electrons. The maximum atomic E-state index is 13.2. The van der Waals surface area contributed by atoms with Gasteiger partial charge in [0.1, 0.15) is 12.3 Å². The highest BCUT2D eigenvalue weighted by atomic mass is 35.5. The molecule has 0 bridgehead atoms. The summed E-state index contributed by atoms with van der Waals surface area (Å²) in [4.78, 5) is 43.1. The number of hydrogen-bond acceptors (Lipinski definition) is 5. The molecule has 0 saturated heterocycles. The summed E-state index contributed by atoms with van der Waals surface area (Å²) in [7, 11) is 1.53. The minimum Gasteiger partial charge on any atom is -0.497 e. The Labute approximate surface area is 187 Å². The molecule has 0 aliphatic carbocycles. The van der Waals surface area contributed by atoms with Crippen LogP contribution in [0.25, 0.3) is 11.0 Å². The molecule has 0 aliphatic heterocycles. The maximum Gasteiger partial charge on any atom is 0.332 e. The normalized spacial score (nSPS) is 10.8. The highest BCUT2D eigenvalue weighted by Gasteiger charge is 2.16. The average molecular weight is 451 g/mol. The van der Waals surface area contributed by atoms with Crippen molar-refractivity contribution in [2.24, 2.45) is 0 Å². The van der Waals surface area contributed by atoms with Crippen LogP contribution in [0.1, 0.15) is 5.56 Å². The first-order chi connectivity index (χ1) is 15.5. The SMILES string of the molecule is COc1cccc(NC(=O)Cn2c(=O)n(Cc3ccc(Cl)cc3)c(=O)c3ncccc32)c1. The van der Waals surface area contributed by atoms with E-state index in [1.165, 1.54) is 17.9 Å². The Hall–Kier alpha value is -3.91. The summed E-state index contributed by atoms with van der Waals surface area (Å²) in [6.07, 6.45) is 1.47. The van der Waals surface area contributed by atoms with Crippen LogP contribution in [0.5, 0.6) is 5.75 Å². The smallest absolute Gasteiger partial charge is 0.332 e. The van der Waals surface area contributed by atoms with Crippen LogP contribution in [0.2, 0.25) is 5.02 Å². The van der Waals surface area contributed by atoms with Crippen molar-refractivity contribution in [3.8, 4) is 5.75 Å². The third-order valence-electron chi connectivity index (χ3n) is 4.90. The minimum absolute atomic E-state index is 0.0266. The third-order valence-corrected chi connectivity index (χ3v) is 5.15. The fourth-order valence-corrected chi connectivity index (χ4v) is 3.48. The molecule has 0 aliphatic rings. The van der Waals surface area contributed by atoms with E-state index in [9.17, 15) is 14.4 Å². The van der Waals surface area contributed by atoms with Crippen LogP contribution in [0, 0.1) is 0 Å². The Morgan fingerprint density at radius 1 is 1.06 bits per heavy atom. The molecular weight excluding hydrogens is 432 g/mol. The largest absolute Gasteiger partial charge is 0.497 e. The molecule has 2 aromatic carbocycles. The van der Waals surface area contributed by atoms with Crippen molar-refractivity contribution in [2.45, 2.75) is 13.1 Å². The van der Waals surface area contributed by atoms with E-state index in [4.69, 9.17) is 16.3 Å². The van der Waals surface area contributed by atoms with Crippen molar-refractivity contribution in [3.63, 3.8) is 0 Å². The molecule has 4 aromatic rings. The summed E-state index contributed by atoms with van der Waals surface area (Å²) >= 11 is 5.93. The summed E-state index contributed by atoms with van der Waals surface area (Å²) in [6, 6.07) is 16.9. The van der Waals surface area contributed by atoms with Gasteiger partial charge in [0.2, 0.25) is 5.91 Å². The Kier molecular flexibility index (Phi) is 6.04. The second-order valence-corrected chi connectivity index (χ2v) is 7.47. The van der Waals surface area contributed by atoms with E-state index in [1.807, 2.05) is 0 Å². The number of carbonyl (C=O) groups excluding carboxylic acids is 1. The quantitative estimate of drug-likeness (QED) is 0.487. The van der Waals surface area contributed by atoms with Crippen LogP contribution in [-0.4, -0.2) is 27.1 Å². The molecule has 1 amide bonds. The van der Waals surface area contributed by atoms with Crippen LogP contribution in [-0.2, 0) is 17.9 Å². The molecule has 1 N–H and O–H groups in total. The molecular formula is C23H19ClN4O4. The third kappa shape index (κ3) is 4.40. The lowest BCUT2D eigenvalue weighted by atomic mass is 10.2. The zero-order valence-corrected chi connectivity index (χ0v) is 17.9. The van der Waals surface area contributed by atoms with Gasteiger partial charge in [0, 0.05) is 23.0 Å². The summed E-state index contributed by atoms with van der Waals surface area (Å²) in [6.45, 7) is -0.266. The number of methoxy groups -OCH3 is 1. The first kappa shape index (κ1) is 21.3. The van der Waals surface area contributed by atoms with Gasteiger partial charge in [0.15, 0.2) is 5.52 Å². The fourth-order valence-electron chi connectivity index (χ4n) is 3.35. The van der Waals surface area contributed by atoms with Crippen LogP contribution in [0.3, 0.4) is 0 Å². The molecule has 4 rings (SSSR count). The van der Waals surface area contributed by atoms with E-state index in [0.29, 0.717) is 16.5 Å². The van der Waals surface area contributed by atoms with Gasteiger partial charge >= 0.3 is 5.69 Å². The molecule has 9 heteroatoms. The number of rotatable bonds is 6. The lowest BCUT2D eigenvalue weighted by molar-refractivity contribution is -0.116. The highest BCUT2D eigenvalue weighted by Crippen LogP contribution is 2.17. The molecule has 0 unspecified atom stereocenters. The van der Waals surface area contributed by atoms with Gasteiger partial charge in [-0.25, -0.2) is 9.78 Å². The number of halogens is 1. The Morgan fingerprint density at radius 2 is 1.84 bits per heavy atom. The van der Waals surface area contributed by atoms with Gasteiger partial charge in [0.05, 0.1) is 19.2 Å². The fraction of sp³-hybridized carbons (Fsp3) is 0.130. The average Bonchev–Trinajstić information content (AvgIpc) is 2.81. The predicted octanol–water partition coefficient (Wildman–Crippen LogP) is 2.91. The Bertz CT molecular complexity index is 1410. The molecule has 0 saturated carbocycles. The van der Waals surface area contributed by atoms with Crippen LogP contribution < -0.4 is 21.3 Å². The summed E-state index contributed by atoms with van der Waals surface area (Å²) in [5.74, 6) is 0.160. The molecule has 2 heterocycles. The Balaban J connectivity index is 1.73. The van der Waals surface area contributed by atoms with Gasteiger partial charge in [-0.2, -0.15) is 0 Å². The molecule has 0 radical (unpaired) electrons. The zero-order valence-electron chi connectivity index (χ0n) is 17.1. The summed E-state index contributed by atoms with van der Waals surface area (Å²) in [5, 5.41) is 3.29. The predicted molar refractivity (Wildman–Crippen MR) is 122 cm³/mol. The number of fused-ring (bicyclic) bond motifs is 1. The number of aromatic nitrogens is 3. The lowest BCUT2D eigenvalue weighted by Crippen LogP contribution is -2.42. The van der Waals surface area contributed by atoms with Crippen molar-refractivity contribution < 1.29 is 9.53 Å². The highest BCUT2D eigenvalue weighted by molar-refractivity contribution is 6.30. The van der Waals surface area contributed by atoms with Gasteiger partial charge in [-0.3, -0.25) is 18.7 Å². The van der Waals surface area contributed by atoms with Crippen molar-refractivity contribution in [3.05, 3.63) is 98.3 Å². The topological polar surface area (TPSA) is 95.2 Å². The summed E-state index contributed by atoms with van der Waals surface area (Å²) in [5.41, 5.74) is 0.512. The number of hydrogen-bond donors (Lipinski definition) is 1. The molecule has 0 spiro atoms. The van der Waals surface area contributed by atoms with Gasteiger partial charge in [0.25, 0.3) is 5.56 Å². The number of amides is 1. The van der Waals surface area contributed by atoms with Crippen molar-refractivity contribution in [1.82, 2.24) is 14.1 Å². The number of nitrogens with zero attached hydrogens (tertiary/aromatic N) is 3. The number of ether oxygens (including phenoxy) is 1. The molecule has 0 fully saturated rings. The van der Waals surface area contributed by atoms with E-state index in [0.717, 1.165) is 10.1 Å². The van der Waals surface area contributed by atoms with Gasteiger partial charge < -0.3 is 10.1 Å². The second kappa shape index (κ2) is 9.07. The standard InChI is InChI=1S/C23H19ClN4O4/c1-32-18-5-2-4-17(12-18)26-20(29)14-27-19-6-3-11-25-21(19)22(30)28(23(27)31)13-15-7-9-16(24)10-8-15/h2-12H,13-14H2,1H3,(H,26,29). The van der Waals surface area contributed by atoms with E-state index < -0.39 is 17.2 Å². The molecule has 2 aromatic heterocycles. The monoisotopic (exact) mass is 450 g/mol. The van der Waals surface area contributed by atoms with E-state index in [1.54, 1.807) is 60.7 Å². The van der Waals surface area contributed by atoms with Crippen molar-refractivity contribution in [2.75, 3.05) is 12.4 Å². The molecule has 8 nitrogen and oxygen atoms in total. The van der Waals surface area contributed by atoms with Crippen LogP contribution >= 0.6 is 11.6 Å². The van der Waals surface area contributed by atoms with Gasteiger partial charge in [-0.05, 0) is 42.0 Å². The minimum atomic E-state index is -0.605. The second-order valence-electron chi connectivity index (χ2n) is 7.04. The van der Waals surface area contributed by atoms with Crippen LogP contribution in [0.15, 0.2) is 76.4 Å². The zero-order chi connectivity index (χ0) is 22.7. The number of anilines is 1. The van der Waals surface area contributed by atoms with Gasteiger partial charge in [-0.1, -0.05) is 29.8 Å². The number of pyridine rings is 1. The Morgan fingerprint density at radius 3 is 2.59 bits per heavy atom. The van der Waals surface area contributed by atoms with Crippen LogP contribution in [0.4, 0.5) is 5.69 Å². The number of benzene rings is 2. The maximum absolute atomic E-state index is 13.2. The summed E-state index contributed by atoms with van der Waals surface area (Å²) < 4.78 is 7.48. The van der Waals surface area contributed by atoms with E-state index in [-0.39, 0.29) is 24.1 Å². The van der Waals surface area contributed by atoms with E-state index in [2.05, 4.69) is 10.3 Å². The first-order valence-corrected chi connectivity index (χ1v) is 10.1.